The van der Waals surface area contributed by atoms with E-state index in [2.05, 4.69) is 6.58 Å². The average molecular weight is 108 g/mol. The van der Waals surface area contributed by atoms with Crippen molar-refractivity contribution in [2.75, 3.05) is 0 Å². The van der Waals surface area contributed by atoms with Crippen LogP contribution in [0, 0.1) is 0 Å². The molecule has 1 nitrogen and oxygen atoms in total. The summed E-state index contributed by atoms with van der Waals surface area (Å²) in [5.74, 6) is 0. The van der Waals surface area contributed by atoms with E-state index in [1.54, 1.807) is 6.08 Å². The van der Waals surface area contributed by atoms with Gasteiger partial charge in [0.2, 0.25) is 0 Å². The van der Waals surface area contributed by atoms with Crippen molar-refractivity contribution in [1.29, 1.82) is 0 Å². The van der Waals surface area contributed by atoms with E-state index in [0.29, 0.717) is 0 Å². The Labute approximate surface area is 40.6 Å². The van der Waals surface area contributed by atoms with Crippen molar-refractivity contribution in [1.82, 2.24) is 0 Å². The standard InChI is InChI=1S/C3H6.CF2O/c1-3-2;2-1(3)4/h3H,1H2,2H3;. The second kappa shape index (κ2) is 8.99. The summed E-state index contributed by atoms with van der Waals surface area (Å²) in [6.45, 7) is 5.25. The smallest absolute Gasteiger partial charge is 0.219 e. The monoisotopic (exact) mass is 108 g/mol. The molecule has 3 heteroatoms. The highest BCUT2D eigenvalue weighted by molar-refractivity contribution is 5.55. The molecule has 0 saturated carbocycles. The molecule has 0 aromatic heterocycles. The van der Waals surface area contributed by atoms with Crippen LogP contribution >= 0.6 is 0 Å². The first-order valence-electron chi connectivity index (χ1n) is 1.57. The van der Waals surface area contributed by atoms with E-state index in [1.807, 2.05) is 6.92 Å². The molecule has 0 unspecified atom stereocenters. The fourth-order valence-electron chi connectivity index (χ4n) is 0. The summed E-state index contributed by atoms with van der Waals surface area (Å²) in [5.41, 5.74) is 0. The quantitative estimate of drug-likeness (QED) is 0.343. The molecule has 0 aliphatic carbocycles. The molecule has 0 rings (SSSR count). The highest BCUT2D eigenvalue weighted by atomic mass is 19.3. The number of rotatable bonds is 0. The SMILES string of the molecule is C=CC.O=C(F)F. The number of carbonyl (C=O) groups is 1. The van der Waals surface area contributed by atoms with Crippen molar-refractivity contribution in [3.63, 3.8) is 0 Å². The lowest BCUT2D eigenvalue weighted by Gasteiger charge is -1.45. The maximum absolute atomic E-state index is 9.69. The Morgan fingerprint density at radius 2 is 1.71 bits per heavy atom. The molecule has 0 aliphatic heterocycles. The van der Waals surface area contributed by atoms with Crippen LogP contribution in [0.25, 0.3) is 0 Å². The molecule has 0 aromatic rings. The average Bonchev–Trinajstić information content (AvgIpc) is 1.33. The van der Waals surface area contributed by atoms with Crippen LogP contribution in [0.15, 0.2) is 12.7 Å². The van der Waals surface area contributed by atoms with Crippen LogP contribution in [0.2, 0.25) is 0 Å². The van der Waals surface area contributed by atoms with Gasteiger partial charge in [0, 0.05) is 0 Å². The second-order valence-electron chi connectivity index (χ2n) is 0.634. The molecule has 0 N–H and O–H groups in total. The number of halogens is 2. The third kappa shape index (κ3) is 106. The fraction of sp³-hybridized carbons (Fsp3) is 0.250. The van der Waals surface area contributed by atoms with Crippen LogP contribution in [0.1, 0.15) is 6.92 Å². The van der Waals surface area contributed by atoms with Gasteiger partial charge in [-0.15, -0.1) is 15.4 Å². The summed E-state index contributed by atoms with van der Waals surface area (Å²) in [5, 5.41) is 0. The molecule has 42 valence electrons. The minimum atomic E-state index is -2.83. The predicted octanol–water partition coefficient (Wildman–Crippen LogP) is 2.24. The van der Waals surface area contributed by atoms with Gasteiger partial charge < -0.3 is 0 Å². The summed E-state index contributed by atoms with van der Waals surface area (Å²) in [4.78, 5) is 8.11. The van der Waals surface area contributed by atoms with Crippen molar-refractivity contribution < 1.29 is 13.6 Å². The Kier molecular flexibility index (Phi) is 12.3. The molecule has 0 aliphatic rings. The van der Waals surface area contributed by atoms with E-state index in [9.17, 15) is 8.78 Å². The highest BCUT2D eigenvalue weighted by Crippen LogP contribution is 1.70. The van der Waals surface area contributed by atoms with E-state index in [0.717, 1.165) is 0 Å². The lowest BCUT2D eigenvalue weighted by Crippen LogP contribution is -1.54. The molecule has 0 fully saturated rings. The Bertz CT molecular complexity index is 56.7. The zero-order valence-corrected chi connectivity index (χ0v) is 3.95. The van der Waals surface area contributed by atoms with Gasteiger partial charge in [-0.2, -0.15) is 0 Å². The van der Waals surface area contributed by atoms with E-state index in [4.69, 9.17) is 4.79 Å². The number of hydrogen-bond donors (Lipinski definition) is 0. The fourth-order valence-corrected chi connectivity index (χ4v) is 0. The Hall–Kier alpha value is -0.730. The molecular formula is C4H6F2O. The molecule has 0 bridgehead atoms. The zero-order chi connectivity index (χ0) is 6.28. The first-order chi connectivity index (χ1) is 3.15. The molecule has 0 heterocycles. The maximum Gasteiger partial charge on any atom is 0.483 e. The van der Waals surface area contributed by atoms with Crippen molar-refractivity contribution in [3.05, 3.63) is 12.7 Å². The molecule has 0 amide bonds. The molecule has 0 aromatic carbocycles. The van der Waals surface area contributed by atoms with Gasteiger partial charge in [-0.1, -0.05) is 6.08 Å². The van der Waals surface area contributed by atoms with Gasteiger partial charge in [0.05, 0.1) is 0 Å². The molecule has 0 atom stereocenters. The third-order valence-corrected chi connectivity index (χ3v) is 0. The van der Waals surface area contributed by atoms with Crippen molar-refractivity contribution in [3.8, 4) is 0 Å². The maximum atomic E-state index is 9.69. The summed E-state index contributed by atoms with van der Waals surface area (Å²) in [6, 6.07) is 0. The minimum absolute atomic E-state index is 1.75. The number of hydrogen-bond acceptors (Lipinski definition) is 1. The van der Waals surface area contributed by atoms with Crippen LogP contribution in [-0.2, 0) is 0 Å². The third-order valence-electron chi connectivity index (χ3n) is 0. The number of allylic oxidation sites excluding steroid dienone is 1. The summed E-state index contributed by atoms with van der Waals surface area (Å²) in [6.07, 6.45) is -1.08. The van der Waals surface area contributed by atoms with Gasteiger partial charge in [-0.05, 0) is 6.92 Å². The molecule has 7 heavy (non-hydrogen) atoms. The largest absolute Gasteiger partial charge is 0.483 e. The van der Waals surface area contributed by atoms with Crippen LogP contribution in [0.3, 0.4) is 0 Å². The predicted molar refractivity (Wildman–Crippen MR) is 23.5 cm³/mol. The van der Waals surface area contributed by atoms with E-state index in [-0.39, 0.29) is 0 Å². The Balaban J connectivity index is 0. The Morgan fingerprint density at radius 1 is 1.71 bits per heavy atom. The number of carbonyl (C=O) groups excluding carboxylic acids is 1. The summed E-state index contributed by atoms with van der Waals surface area (Å²) in [7, 11) is 0. The molecule has 0 radical (unpaired) electrons. The van der Waals surface area contributed by atoms with Crippen LogP contribution in [0.5, 0.6) is 0 Å². The van der Waals surface area contributed by atoms with Crippen molar-refractivity contribution >= 4 is 6.29 Å². The lowest BCUT2D eigenvalue weighted by molar-refractivity contribution is 0.199. The van der Waals surface area contributed by atoms with Gasteiger partial charge in [-0.25, -0.2) is 4.79 Å². The van der Waals surface area contributed by atoms with Gasteiger partial charge in [0.25, 0.3) is 0 Å². The molecule has 0 spiro atoms. The van der Waals surface area contributed by atoms with E-state index in [1.165, 1.54) is 0 Å². The molecular weight excluding hydrogens is 102 g/mol. The summed E-state index contributed by atoms with van der Waals surface area (Å²) < 4.78 is 19.4. The van der Waals surface area contributed by atoms with Crippen LogP contribution < -0.4 is 0 Å². The van der Waals surface area contributed by atoms with Crippen molar-refractivity contribution in [2.24, 2.45) is 0 Å². The van der Waals surface area contributed by atoms with E-state index < -0.39 is 6.29 Å². The first kappa shape index (κ1) is 9.55. The first-order valence-corrected chi connectivity index (χ1v) is 1.57. The minimum Gasteiger partial charge on any atom is -0.219 e. The molecule has 0 saturated heterocycles. The highest BCUT2D eigenvalue weighted by Gasteiger charge is 1.78. The Morgan fingerprint density at radius 3 is 1.71 bits per heavy atom. The van der Waals surface area contributed by atoms with Crippen LogP contribution in [-0.4, -0.2) is 6.29 Å². The van der Waals surface area contributed by atoms with Crippen molar-refractivity contribution in [2.45, 2.75) is 6.92 Å². The van der Waals surface area contributed by atoms with Gasteiger partial charge >= 0.3 is 6.29 Å². The normalized spacial score (nSPS) is 5.57. The van der Waals surface area contributed by atoms with Gasteiger partial charge in [-0.3, -0.25) is 0 Å². The second-order valence-corrected chi connectivity index (χ2v) is 0.634. The topological polar surface area (TPSA) is 17.1 Å². The summed E-state index contributed by atoms with van der Waals surface area (Å²) >= 11 is 0. The van der Waals surface area contributed by atoms with Gasteiger partial charge in [0.1, 0.15) is 0 Å². The van der Waals surface area contributed by atoms with E-state index >= 15 is 0 Å². The lowest BCUT2D eigenvalue weighted by atomic mass is 10.8. The van der Waals surface area contributed by atoms with Gasteiger partial charge in [0.15, 0.2) is 0 Å². The zero-order valence-electron chi connectivity index (χ0n) is 3.95. The van der Waals surface area contributed by atoms with Crippen LogP contribution in [0.4, 0.5) is 13.6 Å².